The average molecular weight is 405 g/mol. The van der Waals surface area contributed by atoms with Gasteiger partial charge in [0.1, 0.15) is 5.82 Å². The third-order valence-corrected chi connectivity index (χ3v) is 5.88. The fourth-order valence-electron chi connectivity index (χ4n) is 4.11. The van der Waals surface area contributed by atoms with Crippen molar-refractivity contribution in [3.63, 3.8) is 0 Å². The minimum Gasteiger partial charge on any atom is -0.343 e. The molecular formula is C24H28N4O2. The van der Waals surface area contributed by atoms with Crippen molar-refractivity contribution in [1.82, 2.24) is 14.5 Å². The summed E-state index contributed by atoms with van der Waals surface area (Å²) in [5, 5.41) is 3.03. The Hall–Kier alpha value is -3.15. The van der Waals surface area contributed by atoms with E-state index < -0.39 is 0 Å². The molecule has 1 aromatic heterocycles. The Morgan fingerprint density at radius 1 is 1.07 bits per heavy atom. The Bertz CT molecular complexity index is 1050. The number of hydrogen-bond acceptors (Lipinski definition) is 3. The first-order valence-electron chi connectivity index (χ1n) is 10.7. The molecule has 6 heteroatoms. The third-order valence-electron chi connectivity index (χ3n) is 5.88. The summed E-state index contributed by atoms with van der Waals surface area (Å²) >= 11 is 0. The number of nitrogens with one attached hydrogen (secondary N) is 1. The SMILES string of the molecule is CCCC(=O)N1CCC(C(=O)Nc2ccc(-c3nc4ccccc4n3C)cc2)CC1. The molecular weight excluding hydrogens is 376 g/mol. The van der Waals surface area contributed by atoms with Gasteiger partial charge in [0.2, 0.25) is 11.8 Å². The average Bonchev–Trinajstić information content (AvgIpc) is 3.11. The second kappa shape index (κ2) is 8.69. The Kier molecular flexibility index (Phi) is 5.84. The molecule has 2 aromatic carbocycles. The van der Waals surface area contributed by atoms with E-state index in [0.717, 1.165) is 47.4 Å². The standard InChI is InChI=1S/C24H28N4O2/c1-3-6-22(29)28-15-13-18(14-16-28)24(30)25-19-11-9-17(10-12-19)23-26-20-7-4-5-8-21(20)27(23)2/h4-5,7-12,18H,3,6,13-16H2,1-2H3,(H,25,30). The summed E-state index contributed by atoms with van der Waals surface area (Å²) in [5.41, 5.74) is 3.85. The van der Waals surface area contributed by atoms with Gasteiger partial charge in [-0.2, -0.15) is 0 Å². The van der Waals surface area contributed by atoms with E-state index in [-0.39, 0.29) is 17.7 Å². The van der Waals surface area contributed by atoms with Crippen LogP contribution in [0.3, 0.4) is 0 Å². The number of aryl methyl sites for hydroxylation is 1. The van der Waals surface area contributed by atoms with Crippen molar-refractivity contribution < 1.29 is 9.59 Å². The molecule has 2 heterocycles. The van der Waals surface area contributed by atoms with Gasteiger partial charge in [-0.25, -0.2) is 4.98 Å². The Morgan fingerprint density at radius 2 is 1.77 bits per heavy atom. The Morgan fingerprint density at radius 3 is 2.43 bits per heavy atom. The van der Waals surface area contributed by atoms with E-state index in [2.05, 4.69) is 16.0 Å². The summed E-state index contributed by atoms with van der Waals surface area (Å²) in [6.07, 6.45) is 2.90. The molecule has 0 spiro atoms. The second-order valence-corrected chi connectivity index (χ2v) is 7.95. The third kappa shape index (κ3) is 4.08. The number of likely N-dealkylation sites (tertiary alicyclic amines) is 1. The zero-order valence-electron chi connectivity index (χ0n) is 17.6. The molecule has 1 N–H and O–H groups in total. The summed E-state index contributed by atoms with van der Waals surface area (Å²) in [6, 6.07) is 15.9. The molecule has 4 rings (SSSR count). The van der Waals surface area contributed by atoms with E-state index >= 15 is 0 Å². The molecule has 1 fully saturated rings. The van der Waals surface area contributed by atoms with Crippen LogP contribution in [-0.4, -0.2) is 39.4 Å². The van der Waals surface area contributed by atoms with E-state index in [9.17, 15) is 9.59 Å². The van der Waals surface area contributed by atoms with Gasteiger partial charge in [0.05, 0.1) is 11.0 Å². The van der Waals surface area contributed by atoms with E-state index in [1.54, 1.807) is 0 Å². The zero-order chi connectivity index (χ0) is 21.1. The van der Waals surface area contributed by atoms with Gasteiger partial charge < -0.3 is 14.8 Å². The Labute approximate surface area is 176 Å². The van der Waals surface area contributed by atoms with Gasteiger partial charge in [0.25, 0.3) is 0 Å². The number of nitrogens with zero attached hydrogens (tertiary/aromatic N) is 3. The van der Waals surface area contributed by atoms with Crippen molar-refractivity contribution in [2.45, 2.75) is 32.6 Å². The predicted octanol–water partition coefficient (Wildman–Crippen LogP) is 4.22. The van der Waals surface area contributed by atoms with Crippen LogP contribution >= 0.6 is 0 Å². The number of imidazole rings is 1. The molecule has 0 unspecified atom stereocenters. The van der Waals surface area contributed by atoms with Crippen LogP contribution in [0.25, 0.3) is 22.4 Å². The topological polar surface area (TPSA) is 67.2 Å². The molecule has 6 nitrogen and oxygen atoms in total. The normalized spacial score (nSPS) is 14.8. The maximum atomic E-state index is 12.7. The number of piperidine rings is 1. The number of para-hydroxylation sites is 2. The number of fused-ring (bicyclic) bond motifs is 1. The molecule has 1 aliphatic rings. The smallest absolute Gasteiger partial charge is 0.227 e. The predicted molar refractivity (Wildman–Crippen MR) is 119 cm³/mol. The number of carbonyl (C=O) groups excluding carboxylic acids is 2. The van der Waals surface area contributed by atoms with Gasteiger partial charge in [-0.3, -0.25) is 9.59 Å². The molecule has 1 aliphatic heterocycles. The van der Waals surface area contributed by atoms with Crippen LogP contribution in [-0.2, 0) is 16.6 Å². The molecule has 156 valence electrons. The molecule has 2 amide bonds. The maximum Gasteiger partial charge on any atom is 0.227 e. The summed E-state index contributed by atoms with van der Waals surface area (Å²) in [4.78, 5) is 31.3. The highest BCUT2D eigenvalue weighted by Crippen LogP contribution is 2.25. The second-order valence-electron chi connectivity index (χ2n) is 7.95. The number of aromatic nitrogens is 2. The van der Waals surface area contributed by atoms with Crippen LogP contribution < -0.4 is 5.32 Å². The molecule has 30 heavy (non-hydrogen) atoms. The lowest BCUT2D eigenvalue weighted by atomic mass is 9.95. The highest BCUT2D eigenvalue weighted by atomic mass is 16.2. The highest BCUT2D eigenvalue weighted by Gasteiger charge is 2.27. The van der Waals surface area contributed by atoms with Crippen LogP contribution in [0, 0.1) is 5.92 Å². The monoisotopic (exact) mass is 404 g/mol. The number of anilines is 1. The van der Waals surface area contributed by atoms with E-state index in [0.29, 0.717) is 19.5 Å². The first kappa shape index (κ1) is 20.1. The van der Waals surface area contributed by atoms with Crippen molar-refractivity contribution in [2.75, 3.05) is 18.4 Å². The van der Waals surface area contributed by atoms with E-state index in [4.69, 9.17) is 4.98 Å². The largest absolute Gasteiger partial charge is 0.343 e. The minimum atomic E-state index is -0.0461. The molecule has 0 aliphatic carbocycles. The zero-order valence-corrected chi connectivity index (χ0v) is 17.6. The molecule has 0 atom stereocenters. The van der Waals surface area contributed by atoms with Gasteiger partial charge in [-0.15, -0.1) is 0 Å². The van der Waals surface area contributed by atoms with Crippen LogP contribution in [0.15, 0.2) is 48.5 Å². The fraction of sp³-hybridized carbons (Fsp3) is 0.375. The summed E-state index contributed by atoms with van der Waals surface area (Å²) in [6.45, 7) is 3.35. The van der Waals surface area contributed by atoms with Crippen molar-refractivity contribution in [2.24, 2.45) is 13.0 Å². The number of rotatable bonds is 5. The highest BCUT2D eigenvalue weighted by molar-refractivity contribution is 5.93. The number of amides is 2. The summed E-state index contributed by atoms with van der Waals surface area (Å²) in [5.74, 6) is 1.09. The number of benzene rings is 2. The fourth-order valence-corrected chi connectivity index (χ4v) is 4.11. The minimum absolute atomic E-state index is 0.0353. The van der Waals surface area contributed by atoms with Gasteiger partial charge in [0, 0.05) is 43.7 Å². The molecule has 0 bridgehead atoms. The quantitative estimate of drug-likeness (QED) is 0.692. The lowest BCUT2D eigenvalue weighted by Gasteiger charge is -2.31. The molecule has 0 saturated carbocycles. The lowest BCUT2D eigenvalue weighted by molar-refractivity contribution is -0.134. The van der Waals surface area contributed by atoms with Gasteiger partial charge in [-0.05, 0) is 55.7 Å². The Balaban J connectivity index is 1.38. The van der Waals surface area contributed by atoms with Gasteiger partial charge in [0.15, 0.2) is 0 Å². The van der Waals surface area contributed by atoms with Crippen molar-refractivity contribution in [3.05, 3.63) is 48.5 Å². The van der Waals surface area contributed by atoms with E-state index in [1.807, 2.05) is 61.3 Å². The molecule has 0 radical (unpaired) electrons. The first-order valence-corrected chi connectivity index (χ1v) is 10.7. The van der Waals surface area contributed by atoms with Crippen LogP contribution in [0.1, 0.15) is 32.6 Å². The molecule has 3 aromatic rings. The van der Waals surface area contributed by atoms with Gasteiger partial charge >= 0.3 is 0 Å². The van der Waals surface area contributed by atoms with Crippen molar-refractivity contribution >= 4 is 28.5 Å². The first-order chi connectivity index (χ1) is 14.6. The number of hydrogen-bond donors (Lipinski definition) is 1. The van der Waals surface area contributed by atoms with Crippen LogP contribution in [0.4, 0.5) is 5.69 Å². The van der Waals surface area contributed by atoms with E-state index in [1.165, 1.54) is 0 Å². The summed E-state index contributed by atoms with van der Waals surface area (Å²) < 4.78 is 2.08. The van der Waals surface area contributed by atoms with Crippen LogP contribution in [0.5, 0.6) is 0 Å². The van der Waals surface area contributed by atoms with Crippen LogP contribution in [0.2, 0.25) is 0 Å². The lowest BCUT2D eigenvalue weighted by Crippen LogP contribution is -2.41. The van der Waals surface area contributed by atoms with Gasteiger partial charge in [-0.1, -0.05) is 19.1 Å². The number of carbonyl (C=O) groups is 2. The molecule has 1 saturated heterocycles. The maximum absolute atomic E-state index is 12.7. The summed E-state index contributed by atoms with van der Waals surface area (Å²) in [7, 11) is 2.01. The van der Waals surface area contributed by atoms with Crippen molar-refractivity contribution in [1.29, 1.82) is 0 Å². The van der Waals surface area contributed by atoms with Crippen molar-refractivity contribution in [3.8, 4) is 11.4 Å².